The number of benzene rings is 1. The highest BCUT2D eigenvalue weighted by atomic mass is 32.2. The summed E-state index contributed by atoms with van der Waals surface area (Å²) in [7, 11) is -4.47. The third-order valence-electron chi connectivity index (χ3n) is 7.32. The van der Waals surface area contributed by atoms with Gasteiger partial charge in [0.05, 0.1) is 0 Å². The number of hydrogen-bond acceptors (Lipinski definition) is 5. The van der Waals surface area contributed by atoms with E-state index in [9.17, 15) is 26.4 Å². The minimum Gasteiger partial charge on any atom is -0.490 e. The largest absolute Gasteiger partial charge is 0.490 e. The molecule has 0 atom stereocenters. The number of carbonyl (C=O) groups is 1. The Balaban J connectivity index is 1.48. The molecule has 12 heteroatoms. The Labute approximate surface area is 222 Å². The van der Waals surface area contributed by atoms with E-state index >= 15 is 0 Å². The number of halogens is 3. The van der Waals surface area contributed by atoms with Crippen molar-refractivity contribution in [2.45, 2.75) is 64.9 Å². The summed E-state index contributed by atoms with van der Waals surface area (Å²) in [6, 6.07) is 8.14. The fraction of sp³-hybridized carbons (Fsp3) is 0.654. The van der Waals surface area contributed by atoms with Gasteiger partial charge in [-0.05, 0) is 64.8 Å². The third-order valence-corrected chi connectivity index (χ3v) is 9.16. The van der Waals surface area contributed by atoms with E-state index in [0.717, 1.165) is 46.9 Å². The zero-order valence-electron chi connectivity index (χ0n) is 22.4. The second kappa shape index (κ2) is 11.1. The SMILES string of the molecule is CC(C)N1CCC(Oc2ccc3c(c2)cc(C(=O)N2CCN(S(=O)(=O)CC(F)(F)F)CC2)n3C(C)C)CC1. The number of sulfonamides is 1. The predicted molar refractivity (Wildman–Crippen MR) is 140 cm³/mol. The molecule has 8 nitrogen and oxygen atoms in total. The summed E-state index contributed by atoms with van der Waals surface area (Å²) in [6.45, 7) is 10.1. The van der Waals surface area contributed by atoms with Crippen LogP contribution in [0.15, 0.2) is 24.3 Å². The van der Waals surface area contributed by atoms with Gasteiger partial charge in [-0.15, -0.1) is 0 Å². The van der Waals surface area contributed by atoms with Crippen molar-refractivity contribution in [1.29, 1.82) is 0 Å². The van der Waals surface area contributed by atoms with Gasteiger partial charge in [0, 0.05) is 62.3 Å². The van der Waals surface area contributed by atoms with Crippen molar-refractivity contribution >= 4 is 26.8 Å². The first-order valence-electron chi connectivity index (χ1n) is 13.1. The zero-order chi connectivity index (χ0) is 27.8. The molecule has 2 aliphatic rings. The highest BCUT2D eigenvalue weighted by Gasteiger charge is 2.40. The summed E-state index contributed by atoms with van der Waals surface area (Å²) in [5.74, 6) is -1.41. The molecule has 1 aromatic heterocycles. The first-order valence-corrected chi connectivity index (χ1v) is 14.8. The number of nitrogens with zero attached hydrogens (tertiary/aromatic N) is 4. The van der Waals surface area contributed by atoms with Gasteiger partial charge in [0.2, 0.25) is 10.0 Å². The van der Waals surface area contributed by atoms with Crippen LogP contribution in [-0.4, -0.2) is 96.3 Å². The minimum atomic E-state index is -4.81. The first-order chi connectivity index (χ1) is 17.7. The van der Waals surface area contributed by atoms with Gasteiger partial charge in [0.25, 0.3) is 5.91 Å². The van der Waals surface area contributed by atoms with Crippen LogP contribution in [0.4, 0.5) is 13.2 Å². The van der Waals surface area contributed by atoms with Crippen molar-refractivity contribution < 1.29 is 31.1 Å². The number of rotatable bonds is 7. The first kappa shape index (κ1) is 28.7. The van der Waals surface area contributed by atoms with E-state index in [1.807, 2.05) is 42.7 Å². The molecule has 0 bridgehead atoms. The van der Waals surface area contributed by atoms with Crippen LogP contribution in [0.25, 0.3) is 10.9 Å². The van der Waals surface area contributed by atoms with Crippen molar-refractivity contribution in [3.05, 3.63) is 30.0 Å². The summed E-state index contributed by atoms with van der Waals surface area (Å²) in [6.07, 6.45) is -2.76. The van der Waals surface area contributed by atoms with E-state index in [0.29, 0.717) is 11.7 Å². The lowest BCUT2D eigenvalue weighted by Crippen LogP contribution is -2.52. The maximum Gasteiger partial charge on any atom is 0.404 e. The number of ether oxygens (including phenoxy) is 1. The fourth-order valence-corrected chi connectivity index (χ4v) is 6.66. The predicted octanol–water partition coefficient (Wildman–Crippen LogP) is 4.12. The molecule has 1 amide bonds. The lowest BCUT2D eigenvalue weighted by atomic mass is 10.1. The van der Waals surface area contributed by atoms with E-state index in [1.165, 1.54) is 4.90 Å². The van der Waals surface area contributed by atoms with Crippen molar-refractivity contribution in [3.63, 3.8) is 0 Å². The smallest absolute Gasteiger partial charge is 0.404 e. The molecule has 212 valence electrons. The molecule has 0 saturated carbocycles. The number of alkyl halides is 3. The molecule has 3 heterocycles. The average Bonchev–Trinajstić information content (AvgIpc) is 3.21. The molecule has 2 aromatic rings. The maximum absolute atomic E-state index is 13.5. The molecule has 0 aliphatic carbocycles. The second-order valence-electron chi connectivity index (χ2n) is 10.7. The molecule has 2 aliphatic heterocycles. The van der Waals surface area contributed by atoms with Gasteiger partial charge < -0.3 is 19.1 Å². The summed E-state index contributed by atoms with van der Waals surface area (Å²) < 4.78 is 71.3. The number of piperazine rings is 1. The Bertz CT molecular complexity index is 1240. The molecule has 4 rings (SSSR count). The topological polar surface area (TPSA) is 75.1 Å². The van der Waals surface area contributed by atoms with Gasteiger partial charge in [0.15, 0.2) is 5.75 Å². The molecule has 2 fully saturated rings. The van der Waals surface area contributed by atoms with Crippen LogP contribution in [0.3, 0.4) is 0 Å². The number of carbonyl (C=O) groups excluding carboxylic acids is 1. The average molecular weight is 559 g/mol. The molecular weight excluding hydrogens is 521 g/mol. The van der Waals surface area contributed by atoms with Crippen molar-refractivity contribution in [1.82, 2.24) is 18.7 Å². The van der Waals surface area contributed by atoms with Crippen LogP contribution < -0.4 is 4.74 Å². The van der Waals surface area contributed by atoms with Gasteiger partial charge >= 0.3 is 6.18 Å². The van der Waals surface area contributed by atoms with Crippen LogP contribution in [0.2, 0.25) is 0 Å². The lowest BCUT2D eigenvalue weighted by Gasteiger charge is -2.34. The maximum atomic E-state index is 13.5. The van der Waals surface area contributed by atoms with Crippen molar-refractivity contribution in [3.8, 4) is 5.75 Å². The van der Waals surface area contributed by atoms with Crippen molar-refractivity contribution in [2.24, 2.45) is 0 Å². The zero-order valence-corrected chi connectivity index (χ0v) is 23.2. The normalized spacial score (nSPS) is 19.1. The molecule has 38 heavy (non-hydrogen) atoms. The van der Waals surface area contributed by atoms with Crippen LogP contribution >= 0.6 is 0 Å². The van der Waals surface area contributed by atoms with Crippen LogP contribution in [0.5, 0.6) is 5.75 Å². The fourth-order valence-electron chi connectivity index (χ4n) is 5.34. The van der Waals surface area contributed by atoms with Gasteiger partial charge in [0.1, 0.15) is 17.5 Å². The Morgan fingerprint density at radius 1 is 0.974 bits per heavy atom. The monoisotopic (exact) mass is 558 g/mol. The molecular formula is C26H37F3N4O4S. The van der Waals surface area contributed by atoms with Crippen LogP contribution in [0, 0.1) is 0 Å². The second-order valence-corrected chi connectivity index (χ2v) is 12.7. The molecule has 0 radical (unpaired) electrons. The standard InChI is InChI=1S/C26H37F3N4O4S/c1-18(2)30-9-7-21(8-10-30)37-22-5-6-23-20(15-22)16-24(33(23)19(3)4)25(34)31-11-13-32(14-12-31)38(35,36)17-26(27,28)29/h5-6,15-16,18-19,21H,7-14,17H2,1-4H3. The van der Waals surface area contributed by atoms with Gasteiger partial charge in [-0.25, -0.2) is 8.42 Å². The van der Waals surface area contributed by atoms with Gasteiger partial charge in [-0.2, -0.15) is 17.5 Å². The molecule has 0 unspecified atom stereocenters. The Kier molecular flexibility index (Phi) is 8.34. The van der Waals surface area contributed by atoms with Gasteiger partial charge in [-0.3, -0.25) is 4.79 Å². The summed E-state index contributed by atoms with van der Waals surface area (Å²) in [5.41, 5.74) is 1.35. The van der Waals surface area contributed by atoms with E-state index in [2.05, 4.69) is 18.7 Å². The highest BCUT2D eigenvalue weighted by molar-refractivity contribution is 7.89. The summed E-state index contributed by atoms with van der Waals surface area (Å²) in [5, 5.41) is 0.866. The third kappa shape index (κ3) is 6.45. The van der Waals surface area contributed by atoms with E-state index in [1.54, 1.807) is 0 Å². The number of fused-ring (bicyclic) bond motifs is 1. The molecule has 0 spiro atoms. The number of hydrogen-bond donors (Lipinski definition) is 0. The van der Waals surface area contributed by atoms with E-state index in [-0.39, 0.29) is 44.2 Å². The lowest BCUT2D eigenvalue weighted by molar-refractivity contribution is -0.107. The van der Waals surface area contributed by atoms with Gasteiger partial charge in [-0.1, -0.05) is 0 Å². The summed E-state index contributed by atoms with van der Waals surface area (Å²) >= 11 is 0. The Hall–Kier alpha value is -2.31. The molecule has 0 N–H and O–H groups in total. The van der Waals surface area contributed by atoms with E-state index in [4.69, 9.17) is 4.74 Å². The highest BCUT2D eigenvalue weighted by Crippen LogP contribution is 2.30. The van der Waals surface area contributed by atoms with Crippen LogP contribution in [-0.2, 0) is 10.0 Å². The molecule has 1 aromatic carbocycles. The minimum absolute atomic E-state index is 0.0213. The number of amides is 1. The summed E-state index contributed by atoms with van der Waals surface area (Å²) in [4.78, 5) is 17.4. The van der Waals surface area contributed by atoms with Crippen LogP contribution in [0.1, 0.15) is 57.1 Å². The molecule has 2 saturated heterocycles. The number of likely N-dealkylation sites (tertiary alicyclic amines) is 1. The Morgan fingerprint density at radius 3 is 2.16 bits per heavy atom. The van der Waals surface area contributed by atoms with Crippen molar-refractivity contribution in [2.75, 3.05) is 45.0 Å². The van der Waals surface area contributed by atoms with E-state index < -0.39 is 22.0 Å². The Morgan fingerprint density at radius 2 is 1.61 bits per heavy atom. The number of aromatic nitrogens is 1. The quantitative estimate of drug-likeness (QED) is 0.511. The number of piperidine rings is 1.